The average Bonchev–Trinajstić information content (AvgIpc) is 3.32. The highest BCUT2D eigenvalue weighted by Crippen LogP contribution is 2.55. The molecule has 3 unspecified atom stereocenters. The van der Waals surface area contributed by atoms with E-state index >= 15 is 0 Å². The van der Waals surface area contributed by atoms with Crippen LogP contribution in [0, 0.1) is 0 Å². The summed E-state index contributed by atoms with van der Waals surface area (Å²) in [5, 5.41) is 0. The second-order valence-corrected chi connectivity index (χ2v) is 7.82. The van der Waals surface area contributed by atoms with Crippen LogP contribution in [0.2, 0.25) is 0 Å². The molecule has 4 atom stereocenters. The van der Waals surface area contributed by atoms with Crippen LogP contribution in [0.15, 0.2) is 78.4 Å². The summed E-state index contributed by atoms with van der Waals surface area (Å²) < 4.78 is 11.9. The number of rotatable bonds is 4. The van der Waals surface area contributed by atoms with Crippen molar-refractivity contribution < 1.29 is 19.1 Å². The summed E-state index contributed by atoms with van der Waals surface area (Å²) in [7, 11) is 0. The van der Waals surface area contributed by atoms with E-state index in [1.54, 1.807) is 12.1 Å². The van der Waals surface area contributed by atoms with Crippen molar-refractivity contribution in [2.75, 3.05) is 0 Å². The van der Waals surface area contributed by atoms with E-state index < -0.39 is 12.2 Å². The van der Waals surface area contributed by atoms with Crippen LogP contribution in [0.1, 0.15) is 52.6 Å². The van der Waals surface area contributed by atoms with Gasteiger partial charge in [-0.3, -0.25) is 0 Å². The summed E-state index contributed by atoms with van der Waals surface area (Å²) >= 11 is 0. The van der Waals surface area contributed by atoms with Crippen LogP contribution < -0.4 is 0 Å². The van der Waals surface area contributed by atoms with Gasteiger partial charge in [-0.25, -0.2) is 9.59 Å². The minimum absolute atomic E-state index is 0.0533. The lowest BCUT2D eigenvalue weighted by Crippen LogP contribution is -2.39. The second-order valence-electron chi connectivity index (χ2n) is 7.82. The summed E-state index contributed by atoms with van der Waals surface area (Å²) in [5.41, 5.74) is 3.50. The molecule has 0 aliphatic heterocycles. The number of hydrogen-bond donors (Lipinski definition) is 0. The molecule has 0 N–H and O–H groups in total. The minimum atomic E-state index is -0.472. The van der Waals surface area contributed by atoms with Crippen molar-refractivity contribution in [2.45, 2.75) is 43.3 Å². The van der Waals surface area contributed by atoms with Gasteiger partial charge in [0.05, 0.1) is 11.1 Å². The Morgan fingerprint density at radius 2 is 1.38 bits per heavy atom. The van der Waals surface area contributed by atoms with Gasteiger partial charge in [-0.1, -0.05) is 60.7 Å². The first-order valence-corrected chi connectivity index (χ1v) is 10.1. The van der Waals surface area contributed by atoms with Crippen LogP contribution in [0.5, 0.6) is 0 Å². The fraction of sp³-hybridized carbons (Fsp3) is 0.280. The molecule has 0 aromatic heterocycles. The van der Waals surface area contributed by atoms with Gasteiger partial charge in [-0.15, -0.1) is 0 Å². The molecule has 1 fully saturated rings. The van der Waals surface area contributed by atoms with Gasteiger partial charge in [0.2, 0.25) is 0 Å². The number of hydrogen-bond acceptors (Lipinski definition) is 4. The zero-order valence-corrected chi connectivity index (χ0v) is 16.0. The number of benzene rings is 2. The van der Waals surface area contributed by atoms with Gasteiger partial charge in [-0.2, -0.15) is 0 Å². The smallest absolute Gasteiger partial charge is 0.338 e. The van der Waals surface area contributed by atoms with E-state index in [1.807, 2.05) is 48.6 Å². The van der Waals surface area contributed by atoms with E-state index in [2.05, 4.69) is 12.1 Å². The molecule has 4 nitrogen and oxygen atoms in total. The Morgan fingerprint density at radius 3 is 2.00 bits per heavy atom. The van der Waals surface area contributed by atoms with Crippen LogP contribution in [0.3, 0.4) is 0 Å². The quantitative estimate of drug-likeness (QED) is 0.716. The minimum Gasteiger partial charge on any atom is -0.454 e. The zero-order chi connectivity index (χ0) is 19.8. The molecule has 0 saturated heterocycles. The van der Waals surface area contributed by atoms with E-state index in [0.717, 1.165) is 19.3 Å². The number of esters is 2. The van der Waals surface area contributed by atoms with E-state index in [9.17, 15) is 9.59 Å². The summed E-state index contributed by atoms with van der Waals surface area (Å²) in [6, 6.07) is 17.2. The Bertz CT molecular complexity index is 1000. The Hall–Kier alpha value is -3.14. The van der Waals surface area contributed by atoms with E-state index in [-0.39, 0.29) is 23.8 Å². The molecule has 0 heterocycles. The van der Waals surface area contributed by atoms with Crippen LogP contribution in [0.4, 0.5) is 0 Å². The van der Waals surface area contributed by atoms with E-state index in [4.69, 9.17) is 9.47 Å². The second kappa shape index (κ2) is 7.36. The molecule has 0 spiro atoms. The van der Waals surface area contributed by atoms with Crippen molar-refractivity contribution in [3.8, 4) is 0 Å². The van der Waals surface area contributed by atoms with Gasteiger partial charge >= 0.3 is 11.9 Å². The van der Waals surface area contributed by atoms with Crippen molar-refractivity contribution in [3.63, 3.8) is 0 Å². The fourth-order valence-electron chi connectivity index (χ4n) is 4.81. The topological polar surface area (TPSA) is 52.6 Å². The third-order valence-electron chi connectivity index (χ3n) is 6.15. The molecule has 2 aromatic carbocycles. The van der Waals surface area contributed by atoms with E-state index in [1.165, 1.54) is 11.1 Å². The number of allylic oxidation sites excluding steroid dienone is 2. The molecule has 29 heavy (non-hydrogen) atoms. The fourth-order valence-corrected chi connectivity index (χ4v) is 4.81. The monoisotopic (exact) mass is 386 g/mol. The van der Waals surface area contributed by atoms with Gasteiger partial charge in [-0.05, 0) is 42.5 Å². The molecular weight excluding hydrogens is 364 g/mol. The molecule has 0 amide bonds. The molecule has 3 aliphatic rings. The van der Waals surface area contributed by atoms with Gasteiger partial charge in [0.15, 0.2) is 0 Å². The number of carbonyl (C=O) groups excluding carboxylic acids is 2. The zero-order valence-electron chi connectivity index (χ0n) is 16.0. The van der Waals surface area contributed by atoms with Crippen LogP contribution in [0.25, 0.3) is 0 Å². The van der Waals surface area contributed by atoms with Crippen LogP contribution in [-0.4, -0.2) is 24.1 Å². The third-order valence-corrected chi connectivity index (χ3v) is 6.15. The maximum atomic E-state index is 12.8. The normalized spacial score (nSPS) is 26.6. The Kier molecular flexibility index (Phi) is 4.55. The molecule has 2 bridgehead atoms. The van der Waals surface area contributed by atoms with Gasteiger partial charge in [0.25, 0.3) is 0 Å². The first-order valence-electron chi connectivity index (χ1n) is 10.1. The average molecular weight is 386 g/mol. The third kappa shape index (κ3) is 3.19. The molecule has 0 radical (unpaired) electrons. The molecule has 2 aromatic rings. The number of carbonyl (C=O) groups is 2. The first kappa shape index (κ1) is 17.9. The predicted octanol–water partition coefficient (Wildman–Crippen LogP) is 4.68. The van der Waals surface area contributed by atoms with Gasteiger partial charge < -0.3 is 9.47 Å². The molecule has 5 rings (SSSR count). The highest BCUT2D eigenvalue weighted by molar-refractivity contribution is 5.92. The highest BCUT2D eigenvalue weighted by atomic mass is 16.6. The Morgan fingerprint density at radius 1 is 0.759 bits per heavy atom. The van der Waals surface area contributed by atoms with Crippen molar-refractivity contribution in [1.29, 1.82) is 0 Å². The Balaban J connectivity index is 1.43. The highest BCUT2D eigenvalue weighted by Gasteiger charge is 2.55. The molecule has 1 saturated carbocycles. The van der Waals surface area contributed by atoms with E-state index in [0.29, 0.717) is 11.1 Å². The first-order chi connectivity index (χ1) is 14.2. The van der Waals surface area contributed by atoms with Crippen molar-refractivity contribution in [3.05, 3.63) is 95.1 Å². The maximum Gasteiger partial charge on any atom is 0.338 e. The molecule has 146 valence electrons. The lowest BCUT2D eigenvalue weighted by molar-refractivity contribution is -0.150. The molecular formula is C25H22O4. The summed E-state index contributed by atoms with van der Waals surface area (Å²) in [4.78, 5) is 25.5. The van der Waals surface area contributed by atoms with Gasteiger partial charge in [0, 0.05) is 11.8 Å². The van der Waals surface area contributed by atoms with Crippen molar-refractivity contribution in [2.24, 2.45) is 0 Å². The SMILES string of the molecule is O=C(OC1C2CC(c3ccccc32)[C@@H]1OC(=O)c1ccccc1)C1=CCCC=C1. The molecule has 3 aliphatic carbocycles. The standard InChI is InChI=1S/C25H22O4/c26-24(16-9-3-1-4-10-16)28-22-20-15-21(19-14-8-7-13-18(19)20)23(22)29-25(27)17-11-5-2-6-12-17/h1,3-5,7-14,20-23H,2,6,15H2/t20?,21?,22-,23?/m0/s1. The summed E-state index contributed by atoms with van der Waals surface area (Å²) in [5.74, 6) is -0.602. The van der Waals surface area contributed by atoms with Gasteiger partial charge in [0.1, 0.15) is 12.2 Å². The number of ether oxygens (including phenoxy) is 2. The van der Waals surface area contributed by atoms with Crippen molar-refractivity contribution >= 4 is 11.9 Å². The lowest BCUT2D eigenvalue weighted by Gasteiger charge is -2.32. The van der Waals surface area contributed by atoms with Crippen LogP contribution >= 0.6 is 0 Å². The van der Waals surface area contributed by atoms with Crippen molar-refractivity contribution in [1.82, 2.24) is 0 Å². The largest absolute Gasteiger partial charge is 0.454 e. The summed E-state index contributed by atoms with van der Waals surface area (Å²) in [6.07, 6.45) is 7.39. The predicted molar refractivity (Wildman–Crippen MR) is 109 cm³/mol. The number of fused-ring (bicyclic) bond motifs is 5. The molecule has 4 heteroatoms. The summed E-state index contributed by atoms with van der Waals surface area (Å²) in [6.45, 7) is 0. The lowest BCUT2D eigenvalue weighted by atomic mass is 9.87. The van der Waals surface area contributed by atoms with Crippen LogP contribution in [-0.2, 0) is 14.3 Å². The maximum absolute atomic E-state index is 12.8. The Labute approximate surface area is 169 Å².